The Morgan fingerprint density at radius 1 is 0.857 bits per heavy atom. The summed E-state index contributed by atoms with van der Waals surface area (Å²) in [5, 5.41) is 0. The van der Waals surface area contributed by atoms with E-state index in [1.54, 1.807) is 0 Å². The van der Waals surface area contributed by atoms with Crippen LogP contribution in [-0.4, -0.2) is 67.4 Å². The van der Waals surface area contributed by atoms with Gasteiger partial charge in [-0.25, -0.2) is 13.8 Å². The standard InChI is InChI=1S/C20H25F2N5O/c1-15-10-19(26-6-8-28-9-7-26)24-20(23-15)27-4-2-25(3-5-27)14-16-11-17(21)13-18(22)12-16/h10-13H,2-9,14H2,1H3. The molecule has 3 heterocycles. The fourth-order valence-corrected chi connectivity index (χ4v) is 3.70. The number of anilines is 2. The van der Waals surface area contributed by atoms with E-state index in [1.807, 2.05) is 13.0 Å². The van der Waals surface area contributed by atoms with E-state index in [0.29, 0.717) is 12.1 Å². The van der Waals surface area contributed by atoms with Gasteiger partial charge in [0.15, 0.2) is 0 Å². The van der Waals surface area contributed by atoms with E-state index in [-0.39, 0.29) is 0 Å². The van der Waals surface area contributed by atoms with Gasteiger partial charge in [-0.2, -0.15) is 4.98 Å². The Morgan fingerprint density at radius 2 is 1.54 bits per heavy atom. The van der Waals surface area contributed by atoms with Gasteiger partial charge in [0, 0.05) is 63.6 Å². The minimum absolute atomic E-state index is 0.530. The van der Waals surface area contributed by atoms with Gasteiger partial charge in [0.1, 0.15) is 17.5 Å². The lowest BCUT2D eigenvalue weighted by molar-refractivity contribution is 0.122. The van der Waals surface area contributed by atoms with Crippen molar-refractivity contribution >= 4 is 11.8 Å². The minimum Gasteiger partial charge on any atom is -0.378 e. The average Bonchev–Trinajstić information content (AvgIpc) is 2.68. The highest BCUT2D eigenvalue weighted by molar-refractivity contribution is 5.46. The van der Waals surface area contributed by atoms with E-state index in [2.05, 4.69) is 19.7 Å². The summed E-state index contributed by atoms with van der Waals surface area (Å²) in [5.41, 5.74) is 1.61. The number of morpholine rings is 1. The van der Waals surface area contributed by atoms with E-state index in [4.69, 9.17) is 9.72 Å². The van der Waals surface area contributed by atoms with E-state index in [1.165, 1.54) is 12.1 Å². The molecule has 2 saturated heterocycles. The number of rotatable bonds is 4. The second-order valence-corrected chi connectivity index (χ2v) is 7.31. The number of piperazine rings is 1. The molecule has 0 unspecified atom stereocenters. The Bertz CT molecular complexity index is 800. The van der Waals surface area contributed by atoms with E-state index >= 15 is 0 Å². The monoisotopic (exact) mass is 389 g/mol. The fraction of sp³-hybridized carbons (Fsp3) is 0.500. The fourth-order valence-electron chi connectivity index (χ4n) is 3.70. The van der Waals surface area contributed by atoms with Gasteiger partial charge in [0.25, 0.3) is 0 Å². The van der Waals surface area contributed by atoms with Crippen LogP contribution in [0.15, 0.2) is 24.3 Å². The summed E-state index contributed by atoms with van der Waals surface area (Å²) in [6.45, 7) is 8.80. The Morgan fingerprint density at radius 3 is 2.21 bits per heavy atom. The van der Waals surface area contributed by atoms with E-state index < -0.39 is 11.6 Å². The summed E-state index contributed by atoms with van der Waals surface area (Å²) in [4.78, 5) is 16.0. The van der Waals surface area contributed by atoms with Crippen LogP contribution in [0, 0.1) is 18.6 Å². The van der Waals surface area contributed by atoms with Crippen LogP contribution in [0.25, 0.3) is 0 Å². The predicted molar refractivity (Wildman–Crippen MR) is 104 cm³/mol. The summed E-state index contributed by atoms with van der Waals surface area (Å²) in [6.07, 6.45) is 0. The van der Waals surface area contributed by atoms with Gasteiger partial charge < -0.3 is 14.5 Å². The van der Waals surface area contributed by atoms with E-state index in [0.717, 1.165) is 76.0 Å². The van der Waals surface area contributed by atoms with Gasteiger partial charge in [-0.1, -0.05) is 0 Å². The van der Waals surface area contributed by atoms with Crippen LogP contribution in [0.3, 0.4) is 0 Å². The predicted octanol–water partition coefficient (Wildman–Crippen LogP) is 2.22. The van der Waals surface area contributed by atoms with Crippen molar-refractivity contribution in [2.45, 2.75) is 13.5 Å². The van der Waals surface area contributed by atoms with Crippen LogP contribution >= 0.6 is 0 Å². The molecule has 0 atom stereocenters. The maximum absolute atomic E-state index is 13.4. The Kier molecular flexibility index (Phi) is 5.68. The summed E-state index contributed by atoms with van der Waals surface area (Å²) in [6, 6.07) is 5.72. The highest BCUT2D eigenvalue weighted by Gasteiger charge is 2.21. The molecule has 0 amide bonds. The molecule has 0 spiro atoms. The lowest BCUT2D eigenvalue weighted by Gasteiger charge is -2.35. The summed E-state index contributed by atoms with van der Waals surface area (Å²) in [5.74, 6) is 0.635. The molecule has 0 aliphatic carbocycles. The molecule has 2 fully saturated rings. The van der Waals surface area contributed by atoms with Crippen LogP contribution in [0.1, 0.15) is 11.3 Å². The van der Waals surface area contributed by atoms with Crippen LogP contribution in [-0.2, 0) is 11.3 Å². The highest BCUT2D eigenvalue weighted by Crippen LogP contribution is 2.20. The van der Waals surface area contributed by atoms with Crippen LogP contribution in [0.5, 0.6) is 0 Å². The van der Waals surface area contributed by atoms with E-state index in [9.17, 15) is 8.78 Å². The second kappa shape index (κ2) is 8.36. The number of aromatic nitrogens is 2. The van der Waals surface area contributed by atoms with Gasteiger partial charge >= 0.3 is 0 Å². The molecule has 150 valence electrons. The number of hydrogen-bond acceptors (Lipinski definition) is 6. The van der Waals surface area contributed by atoms with Crippen molar-refractivity contribution in [1.29, 1.82) is 0 Å². The van der Waals surface area contributed by atoms with Crippen molar-refractivity contribution in [3.8, 4) is 0 Å². The third-order valence-corrected chi connectivity index (χ3v) is 5.15. The van der Waals surface area contributed by atoms with Gasteiger partial charge in [-0.05, 0) is 24.6 Å². The zero-order valence-electron chi connectivity index (χ0n) is 16.1. The first kappa shape index (κ1) is 19.0. The van der Waals surface area contributed by atoms with Crippen LogP contribution < -0.4 is 9.80 Å². The summed E-state index contributed by atoms with van der Waals surface area (Å²) >= 11 is 0. The number of hydrogen-bond donors (Lipinski definition) is 0. The quantitative estimate of drug-likeness (QED) is 0.799. The molecule has 2 aliphatic rings. The summed E-state index contributed by atoms with van der Waals surface area (Å²) in [7, 11) is 0. The van der Waals surface area contributed by atoms with Gasteiger partial charge in [0.05, 0.1) is 13.2 Å². The third-order valence-electron chi connectivity index (χ3n) is 5.15. The van der Waals surface area contributed by atoms with Gasteiger partial charge in [-0.15, -0.1) is 0 Å². The van der Waals surface area contributed by atoms with Crippen molar-refractivity contribution in [2.75, 3.05) is 62.3 Å². The maximum atomic E-state index is 13.4. The molecule has 8 heteroatoms. The smallest absolute Gasteiger partial charge is 0.227 e. The Balaban J connectivity index is 1.40. The number of ether oxygens (including phenoxy) is 1. The number of benzene rings is 1. The lowest BCUT2D eigenvalue weighted by atomic mass is 10.2. The number of halogens is 2. The summed E-state index contributed by atoms with van der Waals surface area (Å²) < 4.78 is 32.2. The van der Waals surface area contributed by atoms with Crippen LogP contribution in [0.2, 0.25) is 0 Å². The molecule has 6 nitrogen and oxygen atoms in total. The highest BCUT2D eigenvalue weighted by atomic mass is 19.1. The molecule has 1 aromatic heterocycles. The van der Waals surface area contributed by atoms with Gasteiger partial charge in [-0.3, -0.25) is 4.90 Å². The molecule has 2 aromatic rings. The molecule has 4 rings (SSSR count). The molecule has 0 saturated carbocycles. The minimum atomic E-state index is -0.530. The maximum Gasteiger partial charge on any atom is 0.227 e. The van der Waals surface area contributed by atoms with Crippen molar-refractivity contribution < 1.29 is 13.5 Å². The average molecular weight is 389 g/mol. The molecule has 0 N–H and O–H groups in total. The molecule has 2 aliphatic heterocycles. The zero-order chi connectivity index (χ0) is 19.5. The third kappa shape index (κ3) is 4.56. The second-order valence-electron chi connectivity index (χ2n) is 7.31. The first-order valence-corrected chi connectivity index (χ1v) is 9.67. The molecule has 28 heavy (non-hydrogen) atoms. The molecule has 1 aromatic carbocycles. The van der Waals surface area contributed by atoms with Crippen molar-refractivity contribution in [2.24, 2.45) is 0 Å². The molecule has 0 bridgehead atoms. The normalized spacial score (nSPS) is 18.5. The molecular weight excluding hydrogens is 364 g/mol. The van der Waals surface area contributed by atoms with Crippen molar-refractivity contribution in [3.05, 3.63) is 47.2 Å². The Labute approximate surface area is 163 Å². The van der Waals surface area contributed by atoms with Crippen molar-refractivity contribution in [1.82, 2.24) is 14.9 Å². The largest absolute Gasteiger partial charge is 0.378 e. The molecular formula is C20H25F2N5O. The molecule has 0 radical (unpaired) electrons. The lowest BCUT2D eigenvalue weighted by Crippen LogP contribution is -2.46. The van der Waals surface area contributed by atoms with Gasteiger partial charge in [0.2, 0.25) is 5.95 Å². The number of nitrogens with zero attached hydrogens (tertiary/aromatic N) is 5. The van der Waals surface area contributed by atoms with Crippen LogP contribution in [0.4, 0.5) is 20.5 Å². The SMILES string of the molecule is Cc1cc(N2CCOCC2)nc(N2CCN(Cc3cc(F)cc(F)c3)CC2)n1. The first-order valence-electron chi connectivity index (χ1n) is 9.67. The van der Waals surface area contributed by atoms with Crippen molar-refractivity contribution in [3.63, 3.8) is 0 Å². The zero-order valence-corrected chi connectivity index (χ0v) is 16.1. The first-order chi connectivity index (χ1) is 13.6. The number of aryl methyl sites for hydroxylation is 1. The topological polar surface area (TPSA) is 44.7 Å². The Hall–Kier alpha value is -2.32.